The van der Waals surface area contributed by atoms with Crippen LogP contribution in [0.15, 0.2) is 22.7 Å². The number of rotatable bonds is 4. The van der Waals surface area contributed by atoms with Crippen LogP contribution in [0.4, 0.5) is 5.69 Å². The third-order valence-electron chi connectivity index (χ3n) is 3.66. The Morgan fingerprint density at radius 3 is 2.90 bits per heavy atom. The number of carbonyl (C=O) groups excluding carboxylic acids is 1. The van der Waals surface area contributed by atoms with Crippen LogP contribution in [0, 0.1) is 16.0 Å². The van der Waals surface area contributed by atoms with Crippen molar-refractivity contribution in [2.75, 3.05) is 19.0 Å². The number of non-ortho nitro benzene ring substituents is 1. The minimum absolute atomic E-state index is 0.0814. The van der Waals surface area contributed by atoms with Crippen LogP contribution < -0.4 is 0 Å². The second-order valence-electron chi connectivity index (χ2n) is 5.19. The minimum atomic E-state index is -0.492. The number of alkyl halides is 1. The van der Waals surface area contributed by atoms with Crippen LogP contribution in [0.3, 0.4) is 0 Å². The third kappa shape index (κ3) is 4.17. The molecule has 0 saturated carbocycles. The summed E-state index contributed by atoms with van der Waals surface area (Å²) in [5.74, 6) is 0.857. The number of benzene rings is 1. The SMILES string of the molecule is O=C(c1cc(Br)cc([N+](=O)[O-])c1)N1CCCC(CCCl)C1. The molecular formula is C14H16BrClN2O3. The summed E-state index contributed by atoms with van der Waals surface area (Å²) in [6.07, 6.45) is 2.92. The van der Waals surface area contributed by atoms with Crippen LogP contribution in [0.25, 0.3) is 0 Å². The molecule has 1 aromatic rings. The zero-order valence-corrected chi connectivity index (χ0v) is 13.8. The quantitative estimate of drug-likeness (QED) is 0.456. The molecule has 5 nitrogen and oxygen atoms in total. The first-order valence-electron chi connectivity index (χ1n) is 6.81. The molecule has 1 fully saturated rings. The van der Waals surface area contributed by atoms with Crippen molar-refractivity contribution in [1.29, 1.82) is 0 Å². The van der Waals surface area contributed by atoms with Crippen LogP contribution in [0.1, 0.15) is 29.6 Å². The fourth-order valence-corrected chi connectivity index (χ4v) is 3.41. The number of nitro benzene ring substituents is 1. The maximum absolute atomic E-state index is 12.5. The Labute approximate surface area is 136 Å². The topological polar surface area (TPSA) is 63.4 Å². The molecule has 7 heteroatoms. The lowest BCUT2D eigenvalue weighted by molar-refractivity contribution is -0.385. The highest BCUT2D eigenvalue weighted by atomic mass is 79.9. The fraction of sp³-hybridized carbons (Fsp3) is 0.500. The van der Waals surface area contributed by atoms with Gasteiger partial charge in [0.2, 0.25) is 0 Å². The van der Waals surface area contributed by atoms with Crippen LogP contribution in [0.2, 0.25) is 0 Å². The first-order chi connectivity index (χ1) is 10.0. The van der Waals surface area contributed by atoms with Crippen LogP contribution in [-0.4, -0.2) is 34.7 Å². The third-order valence-corrected chi connectivity index (χ3v) is 4.34. The summed E-state index contributed by atoms with van der Waals surface area (Å²) < 4.78 is 0.536. The van der Waals surface area contributed by atoms with Gasteiger partial charge in [0, 0.05) is 41.1 Å². The summed E-state index contributed by atoms with van der Waals surface area (Å²) >= 11 is 8.99. The first-order valence-corrected chi connectivity index (χ1v) is 8.14. The molecule has 1 unspecified atom stereocenters. The number of amides is 1. The van der Waals surface area contributed by atoms with Crippen LogP contribution in [-0.2, 0) is 0 Å². The number of likely N-dealkylation sites (tertiary alicyclic amines) is 1. The minimum Gasteiger partial charge on any atom is -0.338 e. The molecule has 1 amide bonds. The zero-order valence-electron chi connectivity index (χ0n) is 11.4. The largest absolute Gasteiger partial charge is 0.338 e. The maximum atomic E-state index is 12.5. The van der Waals surface area contributed by atoms with E-state index in [0.29, 0.717) is 34.9 Å². The molecule has 1 aliphatic heterocycles. The summed E-state index contributed by atoms with van der Waals surface area (Å²) in [6, 6.07) is 4.35. The van der Waals surface area contributed by atoms with Gasteiger partial charge in [-0.3, -0.25) is 14.9 Å². The van der Waals surface area contributed by atoms with Gasteiger partial charge in [0.15, 0.2) is 0 Å². The summed E-state index contributed by atoms with van der Waals surface area (Å²) in [5.41, 5.74) is 0.268. The standard InChI is InChI=1S/C14H16BrClN2O3/c15-12-6-11(7-13(8-12)18(20)21)14(19)17-5-1-2-10(9-17)3-4-16/h6-8,10H,1-5,9H2. The average Bonchev–Trinajstić information content (AvgIpc) is 2.46. The van der Waals surface area contributed by atoms with E-state index in [0.717, 1.165) is 19.3 Å². The van der Waals surface area contributed by atoms with Gasteiger partial charge < -0.3 is 4.90 Å². The molecule has 1 saturated heterocycles. The highest BCUT2D eigenvalue weighted by Crippen LogP contribution is 2.25. The van der Waals surface area contributed by atoms with Gasteiger partial charge in [0.1, 0.15) is 0 Å². The molecule has 1 aromatic carbocycles. The van der Waals surface area contributed by atoms with Crippen LogP contribution in [0.5, 0.6) is 0 Å². The van der Waals surface area contributed by atoms with Crippen molar-refractivity contribution in [3.8, 4) is 0 Å². The summed E-state index contributed by atoms with van der Waals surface area (Å²) in [7, 11) is 0. The highest BCUT2D eigenvalue weighted by molar-refractivity contribution is 9.10. The number of nitrogens with zero attached hydrogens (tertiary/aromatic N) is 2. The van der Waals surface area contributed by atoms with Gasteiger partial charge in [0.25, 0.3) is 11.6 Å². The number of nitro groups is 1. The summed E-state index contributed by atoms with van der Waals surface area (Å²) in [6.45, 7) is 1.36. The zero-order chi connectivity index (χ0) is 15.4. The predicted octanol–water partition coefficient (Wildman–Crippen LogP) is 3.84. The van der Waals surface area contributed by atoms with E-state index in [2.05, 4.69) is 15.9 Å². The van der Waals surface area contributed by atoms with Crippen molar-refractivity contribution < 1.29 is 9.72 Å². The number of piperidine rings is 1. The molecule has 1 atom stereocenters. The van der Waals surface area contributed by atoms with Crippen molar-refractivity contribution in [3.05, 3.63) is 38.3 Å². The van der Waals surface area contributed by atoms with E-state index in [4.69, 9.17) is 11.6 Å². The highest BCUT2D eigenvalue weighted by Gasteiger charge is 2.25. The molecule has 21 heavy (non-hydrogen) atoms. The Morgan fingerprint density at radius 1 is 1.48 bits per heavy atom. The second kappa shape index (κ2) is 7.22. The fourth-order valence-electron chi connectivity index (χ4n) is 2.63. The Bertz CT molecular complexity index is 551. The summed E-state index contributed by atoms with van der Waals surface area (Å²) in [4.78, 5) is 24.7. The first kappa shape index (κ1) is 16.2. The molecule has 114 valence electrons. The lowest BCUT2D eigenvalue weighted by atomic mass is 9.95. The van der Waals surface area contributed by atoms with Crippen molar-refractivity contribution in [3.63, 3.8) is 0 Å². The summed E-state index contributed by atoms with van der Waals surface area (Å²) in [5, 5.41) is 10.9. The Morgan fingerprint density at radius 2 is 2.24 bits per heavy atom. The Hall–Kier alpha value is -1.14. The average molecular weight is 376 g/mol. The van der Waals surface area contributed by atoms with Crippen molar-refractivity contribution in [2.45, 2.75) is 19.3 Å². The molecule has 0 radical (unpaired) electrons. The number of hydrogen-bond acceptors (Lipinski definition) is 3. The van der Waals surface area contributed by atoms with E-state index < -0.39 is 4.92 Å². The lowest BCUT2D eigenvalue weighted by Gasteiger charge is -2.32. The Kier molecular flexibility index (Phi) is 5.58. The lowest BCUT2D eigenvalue weighted by Crippen LogP contribution is -2.40. The number of hydrogen-bond donors (Lipinski definition) is 0. The molecule has 0 N–H and O–H groups in total. The number of halogens is 2. The van der Waals surface area contributed by atoms with Gasteiger partial charge in [0.05, 0.1) is 4.92 Å². The number of carbonyl (C=O) groups is 1. The van der Waals surface area contributed by atoms with Gasteiger partial charge >= 0.3 is 0 Å². The molecule has 1 heterocycles. The molecule has 1 aliphatic rings. The monoisotopic (exact) mass is 374 g/mol. The van der Waals surface area contributed by atoms with Crippen LogP contribution >= 0.6 is 27.5 Å². The maximum Gasteiger partial charge on any atom is 0.271 e. The van der Waals surface area contributed by atoms with Crippen molar-refractivity contribution in [1.82, 2.24) is 4.90 Å². The van der Waals surface area contributed by atoms with Gasteiger partial charge in [-0.25, -0.2) is 0 Å². The molecule has 0 aromatic heterocycles. The van der Waals surface area contributed by atoms with E-state index in [-0.39, 0.29) is 11.6 Å². The van der Waals surface area contributed by atoms with E-state index in [1.165, 1.54) is 12.1 Å². The Balaban J connectivity index is 2.17. The van der Waals surface area contributed by atoms with E-state index >= 15 is 0 Å². The molecular weight excluding hydrogens is 360 g/mol. The van der Waals surface area contributed by atoms with Gasteiger partial charge in [-0.2, -0.15) is 0 Å². The smallest absolute Gasteiger partial charge is 0.271 e. The van der Waals surface area contributed by atoms with Crippen molar-refractivity contribution >= 4 is 39.1 Å². The normalized spacial score (nSPS) is 18.6. The van der Waals surface area contributed by atoms with Crippen molar-refractivity contribution in [2.24, 2.45) is 5.92 Å². The molecule has 0 bridgehead atoms. The van der Waals surface area contributed by atoms with E-state index in [1.807, 2.05) is 0 Å². The molecule has 0 aliphatic carbocycles. The van der Waals surface area contributed by atoms with E-state index in [1.54, 1.807) is 11.0 Å². The van der Waals surface area contributed by atoms with Gasteiger partial charge in [-0.15, -0.1) is 11.6 Å². The molecule has 2 rings (SSSR count). The second-order valence-corrected chi connectivity index (χ2v) is 6.49. The van der Waals surface area contributed by atoms with E-state index in [9.17, 15) is 14.9 Å². The predicted molar refractivity (Wildman–Crippen MR) is 84.8 cm³/mol. The van der Waals surface area contributed by atoms with Gasteiger partial charge in [-0.05, 0) is 31.2 Å². The molecule has 0 spiro atoms. The van der Waals surface area contributed by atoms with Gasteiger partial charge in [-0.1, -0.05) is 15.9 Å².